The van der Waals surface area contributed by atoms with Gasteiger partial charge < -0.3 is 20.9 Å². The minimum absolute atomic E-state index is 0.106. The zero-order valence-electron chi connectivity index (χ0n) is 16.8. The Morgan fingerprint density at radius 2 is 1.80 bits per heavy atom. The summed E-state index contributed by atoms with van der Waals surface area (Å²) in [4.78, 5) is 23.3. The van der Waals surface area contributed by atoms with Crippen molar-refractivity contribution in [1.29, 1.82) is 0 Å². The van der Waals surface area contributed by atoms with Gasteiger partial charge in [-0.15, -0.1) is 0 Å². The van der Waals surface area contributed by atoms with E-state index in [0.29, 0.717) is 28.0 Å². The van der Waals surface area contributed by atoms with Gasteiger partial charge in [-0.25, -0.2) is 4.98 Å². The van der Waals surface area contributed by atoms with Crippen LogP contribution in [-0.4, -0.2) is 36.0 Å². The molecule has 0 aliphatic heterocycles. The van der Waals surface area contributed by atoms with E-state index in [1.54, 1.807) is 6.07 Å². The van der Waals surface area contributed by atoms with Crippen molar-refractivity contribution in [2.45, 2.75) is 18.9 Å². The summed E-state index contributed by atoms with van der Waals surface area (Å²) in [5.41, 5.74) is 3.14. The smallest absolute Gasteiger partial charge is 0.253 e. The maximum Gasteiger partial charge on any atom is 0.253 e. The van der Waals surface area contributed by atoms with Crippen molar-refractivity contribution >= 4 is 46.3 Å². The van der Waals surface area contributed by atoms with Crippen LogP contribution in [0.25, 0.3) is 0 Å². The fourth-order valence-corrected chi connectivity index (χ4v) is 3.03. The van der Waals surface area contributed by atoms with Crippen molar-refractivity contribution < 1.29 is 4.79 Å². The third kappa shape index (κ3) is 4.80. The maximum atomic E-state index is 12.5. The van der Waals surface area contributed by atoms with E-state index >= 15 is 0 Å². The molecule has 3 aromatic rings. The van der Waals surface area contributed by atoms with Crippen LogP contribution in [-0.2, 0) is 0 Å². The lowest BCUT2D eigenvalue weighted by Crippen LogP contribution is -2.26. The number of amides is 1. The molecule has 8 heteroatoms. The van der Waals surface area contributed by atoms with Crippen LogP contribution in [0.2, 0.25) is 5.02 Å². The lowest BCUT2D eigenvalue weighted by Gasteiger charge is -2.14. The second-order valence-electron chi connectivity index (χ2n) is 7.37. The highest BCUT2D eigenvalue weighted by molar-refractivity contribution is 6.33. The number of halogens is 1. The van der Waals surface area contributed by atoms with Gasteiger partial charge in [0.05, 0.1) is 17.4 Å². The lowest BCUT2D eigenvalue weighted by molar-refractivity contribution is 0.0952. The molecule has 0 atom stereocenters. The van der Waals surface area contributed by atoms with E-state index in [1.807, 2.05) is 61.5 Å². The van der Waals surface area contributed by atoms with Crippen molar-refractivity contribution in [3.05, 3.63) is 65.3 Å². The Bertz CT molecular complexity index is 1050. The summed E-state index contributed by atoms with van der Waals surface area (Å²) in [6, 6.07) is 15.5. The average molecular weight is 423 g/mol. The van der Waals surface area contributed by atoms with Crippen molar-refractivity contribution in [3.8, 4) is 0 Å². The fraction of sp³-hybridized carbons (Fsp3) is 0.227. The van der Waals surface area contributed by atoms with Crippen LogP contribution < -0.4 is 20.9 Å². The lowest BCUT2D eigenvalue weighted by atomic mass is 10.1. The predicted octanol–water partition coefficient (Wildman–Crippen LogP) is 4.58. The van der Waals surface area contributed by atoms with Gasteiger partial charge in [0.1, 0.15) is 5.02 Å². The van der Waals surface area contributed by atoms with Crippen molar-refractivity contribution in [1.82, 2.24) is 15.3 Å². The Balaban J connectivity index is 1.53. The third-order valence-electron chi connectivity index (χ3n) is 4.72. The zero-order chi connectivity index (χ0) is 21.1. The molecule has 1 aliphatic carbocycles. The van der Waals surface area contributed by atoms with Gasteiger partial charge in [0.25, 0.3) is 5.91 Å². The summed E-state index contributed by atoms with van der Waals surface area (Å²) in [6.07, 6.45) is 3.59. The Kier molecular flexibility index (Phi) is 5.72. The van der Waals surface area contributed by atoms with Crippen LogP contribution in [0, 0.1) is 0 Å². The first kappa shape index (κ1) is 20.0. The Labute approximate surface area is 180 Å². The molecular formula is C22H23ClN6O. The molecule has 1 fully saturated rings. The van der Waals surface area contributed by atoms with Gasteiger partial charge in [0.15, 0.2) is 5.82 Å². The normalized spacial score (nSPS) is 12.9. The molecule has 3 N–H and O–H groups in total. The molecule has 1 heterocycles. The number of para-hydroxylation sites is 1. The average Bonchev–Trinajstić information content (AvgIpc) is 3.55. The van der Waals surface area contributed by atoms with Crippen LogP contribution in [0.15, 0.2) is 54.7 Å². The number of nitrogens with one attached hydrogen (secondary N) is 3. The molecule has 0 radical (unpaired) electrons. The Morgan fingerprint density at radius 3 is 2.50 bits per heavy atom. The van der Waals surface area contributed by atoms with Gasteiger partial charge >= 0.3 is 0 Å². The topological polar surface area (TPSA) is 82.2 Å². The van der Waals surface area contributed by atoms with Gasteiger partial charge in [-0.05, 0) is 49.2 Å². The molecule has 7 nitrogen and oxygen atoms in total. The molecule has 1 aromatic heterocycles. The minimum Gasteiger partial charge on any atom is -0.378 e. The molecule has 0 bridgehead atoms. The number of hydrogen-bond acceptors (Lipinski definition) is 6. The first-order chi connectivity index (χ1) is 14.5. The summed E-state index contributed by atoms with van der Waals surface area (Å²) < 4.78 is 0. The molecule has 1 saturated carbocycles. The van der Waals surface area contributed by atoms with Crippen LogP contribution in [0.1, 0.15) is 23.2 Å². The summed E-state index contributed by atoms with van der Waals surface area (Å²) >= 11 is 6.31. The first-order valence-electron chi connectivity index (χ1n) is 9.73. The molecular weight excluding hydrogens is 400 g/mol. The highest BCUT2D eigenvalue weighted by Crippen LogP contribution is 2.28. The molecule has 4 rings (SSSR count). The molecule has 0 spiro atoms. The predicted molar refractivity (Wildman–Crippen MR) is 121 cm³/mol. The zero-order valence-corrected chi connectivity index (χ0v) is 17.6. The number of carbonyl (C=O) groups is 1. The molecule has 0 saturated heterocycles. The quantitative estimate of drug-likeness (QED) is 0.517. The molecule has 30 heavy (non-hydrogen) atoms. The largest absolute Gasteiger partial charge is 0.378 e. The number of aromatic nitrogens is 2. The third-order valence-corrected chi connectivity index (χ3v) is 5.00. The Hall–Kier alpha value is -3.32. The minimum atomic E-state index is -0.106. The summed E-state index contributed by atoms with van der Waals surface area (Å²) in [5, 5.41) is 9.72. The van der Waals surface area contributed by atoms with Gasteiger partial charge in [-0.2, -0.15) is 4.98 Å². The monoisotopic (exact) mass is 422 g/mol. The van der Waals surface area contributed by atoms with E-state index in [4.69, 9.17) is 11.6 Å². The standard InChI is InChI=1S/C22H23ClN6O/c1-29(2)16-11-9-15(10-12-16)26-22-24-13-18(23)20(28-22)27-19-6-4-3-5-17(19)21(30)25-14-7-8-14/h3-6,9-14H,7-8H2,1-2H3,(H,25,30)(H2,24,26,27,28). The van der Waals surface area contributed by atoms with E-state index in [2.05, 4.69) is 25.9 Å². The maximum absolute atomic E-state index is 12.5. The first-order valence-corrected chi connectivity index (χ1v) is 10.1. The van der Waals surface area contributed by atoms with Crippen molar-refractivity contribution in [3.63, 3.8) is 0 Å². The van der Waals surface area contributed by atoms with Crippen LogP contribution in [0.4, 0.5) is 28.8 Å². The summed E-state index contributed by atoms with van der Waals surface area (Å²) in [6.45, 7) is 0. The second kappa shape index (κ2) is 8.59. The van der Waals surface area contributed by atoms with E-state index in [-0.39, 0.29) is 11.9 Å². The van der Waals surface area contributed by atoms with E-state index in [1.165, 1.54) is 6.20 Å². The van der Waals surface area contributed by atoms with Gasteiger partial charge in [0.2, 0.25) is 5.95 Å². The van der Waals surface area contributed by atoms with Crippen LogP contribution >= 0.6 is 11.6 Å². The van der Waals surface area contributed by atoms with Crippen molar-refractivity contribution in [2.24, 2.45) is 0 Å². The SMILES string of the molecule is CN(C)c1ccc(Nc2ncc(Cl)c(Nc3ccccc3C(=O)NC3CC3)n2)cc1. The summed E-state index contributed by atoms with van der Waals surface area (Å²) in [5.74, 6) is 0.718. The number of anilines is 5. The fourth-order valence-electron chi connectivity index (χ4n) is 2.90. The number of benzene rings is 2. The molecule has 154 valence electrons. The molecule has 2 aromatic carbocycles. The van der Waals surface area contributed by atoms with Crippen LogP contribution in [0.3, 0.4) is 0 Å². The Morgan fingerprint density at radius 1 is 1.07 bits per heavy atom. The van der Waals surface area contributed by atoms with E-state index in [9.17, 15) is 4.79 Å². The van der Waals surface area contributed by atoms with Crippen molar-refractivity contribution in [2.75, 3.05) is 29.6 Å². The van der Waals surface area contributed by atoms with Gasteiger partial charge in [-0.3, -0.25) is 4.79 Å². The number of nitrogens with zero attached hydrogens (tertiary/aromatic N) is 3. The van der Waals surface area contributed by atoms with E-state index in [0.717, 1.165) is 24.2 Å². The summed E-state index contributed by atoms with van der Waals surface area (Å²) in [7, 11) is 3.98. The van der Waals surface area contributed by atoms with Crippen LogP contribution in [0.5, 0.6) is 0 Å². The molecule has 1 aliphatic rings. The molecule has 0 unspecified atom stereocenters. The number of hydrogen-bond donors (Lipinski definition) is 3. The highest BCUT2D eigenvalue weighted by Gasteiger charge is 2.25. The number of carbonyl (C=O) groups excluding carboxylic acids is 1. The highest BCUT2D eigenvalue weighted by atomic mass is 35.5. The second-order valence-corrected chi connectivity index (χ2v) is 7.78. The van der Waals surface area contributed by atoms with E-state index < -0.39 is 0 Å². The molecule has 1 amide bonds. The van der Waals surface area contributed by atoms with Gasteiger partial charge in [-0.1, -0.05) is 23.7 Å². The van der Waals surface area contributed by atoms with Gasteiger partial charge in [0, 0.05) is 31.5 Å². The number of rotatable bonds is 7.